The van der Waals surface area contributed by atoms with E-state index in [2.05, 4.69) is 21.2 Å². The summed E-state index contributed by atoms with van der Waals surface area (Å²) < 4.78 is 16.8. The number of halogens is 1. The van der Waals surface area contributed by atoms with E-state index in [0.717, 1.165) is 10.0 Å². The van der Waals surface area contributed by atoms with Crippen LogP contribution in [0.5, 0.6) is 17.2 Å². The van der Waals surface area contributed by atoms with Gasteiger partial charge < -0.3 is 19.5 Å². The van der Waals surface area contributed by atoms with Gasteiger partial charge in [0.15, 0.2) is 11.5 Å². The topological polar surface area (TPSA) is 56.8 Å². The number of carbonyl (C=O) groups excluding carboxylic acids is 1. The van der Waals surface area contributed by atoms with E-state index in [4.69, 9.17) is 14.2 Å². The Morgan fingerprint density at radius 3 is 2.09 bits per heavy atom. The van der Waals surface area contributed by atoms with Gasteiger partial charge in [-0.15, -0.1) is 0 Å². The molecule has 1 amide bonds. The molecule has 1 N–H and O–H groups in total. The van der Waals surface area contributed by atoms with Crippen molar-refractivity contribution >= 4 is 21.8 Å². The van der Waals surface area contributed by atoms with E-state index in [-0.39, 0.29) is 5.91 Å². The maximum absolute atomic E-state index is 12.2. The van der Waals surface area contributed by atoms with Crippen LogP contribution >= 0.6 is 15.9 Å². The van der Waals surface area contributed by atoms with Crippen LogP contribution in [0.1, 0.15) is 15.9 Å². The third-order valence-corrected chi connectivity index (χ3v) is 3.86. The maximum Gasteiger partial charge on any atom is 0.251 e. The number of amides is 1. The van der Waals surface area contributed by atoms with E-state index in [0.29, 0.717) is 29.4 Å². The van der Waals surface area contributed by atoms with Gasteiger partial charge in [0.2, 0.25) is 0 Å². The zero-order valence-electron chi connectivity index (χ0n) is 13.2. The lowest BCUT2D eigenvalue weighted by molar-refractivity contribution is 0.0950. The monoisotopic (exact) mass is 379 g/mol. The fourth-order valence-electron chi connectivity index (χ4n) is 2.11. The number of hydrogen-bond donors (Lipinski definition) is 1. The molecule has 0 radical (unpaired) electrons. The minimum atomic E-state index is -0.158. The Morgan fingerprint density at radius 2 is 1.52 bits per heavy atom. The summed E-state index contributed by atoms with van der Waals surface area (Å²) in [5, 5.41) is 2.87. The quantitative estimate of drug-likeness (QED) is 0.835. The molecule has 122 valence electrons. The van der Waals surface area contributed by atoms with Crippen LogP contribution in [0.15, 0.2) is 40.9 Å². The Balaban J connectivity index is 2.16. The first-order chi connectivity index (χ1) is 11.1. The molecule has 0 fully saturated rings. The minimum Gasteiger partial charge on any atom is -0.496 e. The maximum atomic E-state index is 12.2. The van der Waals surface area contributed by atoms with Gasteiger partial charge in [0.1, 0.15) is 5.75 Å². The number of hydrogen-bond acceptors (Lipinski definition) is 4. The Kier molecular flexibility index (Phi) is 5.87. The first-order valence-corrected chi connectivity index (χ1v) is 7.71. The number of benzene rings is 2. The predicted molar refractivity (Wildman–Crippen MR) is 91.4 cm³/mol. The molecule has 0 spiro atoms. The largest absolute Gasteiger partial charge is 0.496 e. The number of carbonyl (C=O) groups is 1. The van der Waals surface area contributed by atoms with Crippen LogP contribution in [0.4, 0.5) is 0 Å². The van der Waals surface area contributed by atoms with E-state index >= 15 is 0 Å². The first kappa shape index (κ1) is 17.1. The van der Waals surface area contributed by atoms with Gasteiger partial charge in [0.25, 0.3) is 5.91 Å². The van der Waals surface area contributed by atoms with E-state index in [1.54, 1.807) is 45.6 Å². The molecule has 0 heterocycles. The molecule has 23 heavy (non-hydrogen) atoms. The normalized spacial score (nSPS) is 10.1. The summed E-state index contributed by atoms with van der Waals surface area (Å²) in [6.45, 7) is 0.318. The Hall–Kier alpha value is -2.21. The highest BCUT2D eigenvalue weighted by Gasteiger charge is 2.13. The first-order valence-electron chi connectivity index (χ1n) is 6.91. The summed E-state index contributed by atoms with van der Waals surface area (Å²) >= 11 is 3.34. The number of ether oxygens (including phenoxy) is 3. The van der Waals surface area contributed by atoms with Gasteiger partial charge in [0, 0.05) is 28.2 Å². The van der Waals surface area contributed by atoms with Gasteiger partial charge in [-0.3, -0.25) is 4.79 Å². The molecule has 2 aromatic rings. The van der Waals surface area contributed by atoms with Crippen molar-refractivity contribution in [2.45, 2.75) is 6.54 Å². The van der Waals surface area contributed by atoms with Crippen molar-refractivity contribution < 1.29 is 19.0 Å². The molecular formula is C17H18BrNO4. The average Bonchev–Trinajstić information content (AvgIpc) is 2.59. The van der Waals surface area contributed by atoms with E-state index in [1.807, 2.05) is 12.1 Å². The molecule has 0 saturated heterocycles. The van der Waals surface area contributed by atoms with Gasteiger partial charge >= 0.3 is 0 Å². The molecule has 2 aromatic carbocycles. The van der Waals surface area contributed by atoms with E-state index in [1.165, 1.54) is 0 Å². The standard InChI is InChI=1S/C17H18BrNO4/c1-21-14-9-16(23-3)15(22-2)8-12(14)10-19-17(20)11-4-6-13(18)7-5-11/h4-9H,10H2,1-3H3,(H,19,20). The third kappa shape index (κ3) is 4.16. The molecule has 0 aliphatic heterocycles. The molecule has 6 heteroatoms. The molecule has 5 nitrogen and oxygen atoms in total. The highest BCUT2D eigenvalue weighted by atomic mass is 79.9. The van der Waals surface area contributed by atoms with Crippen LogP contribution in [-0.4, -0.2) is 27.2 Å². The van der Waals surface area contributed by atoms with Gasteiger partial charge in [-0.25, -0.2) is 0 Å². The van der Waals surface area contributed by atoms with Crippen LogP contribution in [0.2, 0.25) is 0 Å². The minimum absolute atomic E-state index is 0.158. The number of rotatable bonds is 6. The highest BCUT2D eigenvalue weighted by molar-refractivity contribution is 9.10. The Morgan fingerprint density at radius 1 is 0.957 bits per heavy atom. The van der Waals surface area contributed by atoms with Crippen molar-refractivity contribution in [2.75, 3.05) is 21.3 Å². The van der Waals surface area contributed by atoms with Gasteiger partial charge in [-0.05, 0) is 30.3 Å². The molecule has 0 saturated carbocycles. The van der Waals surface area contributed by atoms with Crippen molar-refractivity contribution in [2.24, 2.45) is 0 Å². The van der Waals surface area contributed by atoms with Crippen molar-refractivity contribution in [3.63, 3.8) is 0 Å². The summed E-state index contributed by atoms with van der Waals surface area (Å²) in [6.07, 6.45) is 0. The van der Waals surface area contributed by atoms with Crippen molar-refractivity contribution in [1.29, 1.82) is 0 Å². The number of methoxy groups -OCH3 is 3. The van der Waals surface area contributed by atoms with Crippen LogP contribution in [0.25, 0.3) is 0 Å². The fourth-order valence-corrected chi connectivity index (χ4v) is 2.37. The summed E-state index contributed by atoms with van der Waals surface area (Å²) in [5.74, 6) is 1.63. The molecule has 0 aliphatic rings. The second-order valence-electron chi connectivity index (χ2n) is 4.71. The molecule has 0 aliphatic carbocycles. The molecule has 0 aromatic heterocycles. The molecular weight excluding hydrogens is 362 g/mol. The predicted octanol–water partition coefficient (Wildman–Crippen LogP) is 3.40. The molecule has 2 rings (SSSR count). The van der Waals surface area contributed by atoms with Crippen LogP contribution in [0, 0.1) is 0 Å². The van der Waals surface area contributed by atoms with E-state index in [9.17, 15) is 4.79 Å². The summed E-state index contributed by atoms with van der Waals surface area (Å²) in [5.41, 5.74) is 1.39. The molecule has 0 bridgehead atoms. The summed E-state index contributed by atoms with van der Waals surface area (Å²) in [4.78, 5) is 12.2. The fraction of sp³-hybridized carbons (Fsp3) is 0.235. The smallest absolute Gasteiger partial charge is 0.251 e. The van der Waals surface area contributed by atoms with Crippen molar-refractivity contribution in [1.82, 2.24) is 5.32 Å². The lowest BCUT2D eigenvalue weighted by Gasteiger charge is -2.14. The second-order valence-corrected chi connectivity index (χ2v) is 5.62. The van der Waals surface area contributed by atoms with Crippen molar-refractivity contribution in [3.8, 4) is 17.2 Å². The summed E-state index contributed by atoms with van der Waals surface area (Å²) in [7, 11) is 4.70. The van der Waals surface area contributed by atoms with E-state index < -0.39 is 0 Å². The van der Waals surface area contributed by atoms with Crippen LogP contribution < -0.4 is 19.5 Å². The van der Waals surface area contributed by atoms with Gasteiger partial charge in [-0.1, -0.05) is 15.9 Å². The lowest BCUT2D eigenvalue weighted by Crippen LogP contribution is -2.23. The highest BCUT2D eigenvalue weighted by Crippen LogP contribution is 2.34. The van der Waals surface area contributed by atoms with Crippen LogP contribution in [0.3, 0.4) is 0 Å². The lowest BCUT2D eigenvalue weighted by atomic mass is 10.1. The Labute approximate surface area is 143 Å². The van der Waals surface area contributed by atoms with Crippen LogP contribution in [-0.2, 0) is 6.54 Å². The average molecular weight is 380 g/mol. The molecule has 0 atom stereocenters. The summed E-state index contributed by atoms with van der Waals surface area (Å²) in [6, 6.07) is 10.7. The Bertz CT molecular complexity index is 686. The van der Waals surface area contributed by atoms with Gasteiger partial charge in [0.05, 0.1) is 21.3 Å². The SMILES string of the molecule is COc1cc(OC)c(OC)cc1CNC(=O)c1ccc(Br)cc1. The zero-order chi connectivity index (χ0) is 16.8. The van der Waals surface area contributed by atoms with Gasteiger partial charge in [-0.2, -0.15) is 0 Å². The third-order valence-electron chi connectivity index (χ3n) is 3.33. The second kappa shape index (κ2) is 7.87. The zero-order valence-corrected chi connectivity index (χ0v) is 14.8. The number of nitrogens with one attached hydrogen (secondary N) is 1. The van der Waals surface area contributed by atoms with Crippen molar-refractivity contribution in [3.05, 3.63) is 52.0 Å². The molecule has 0 unspecified atom stereocenters.